The Kier molecular flexibility index (Phi) is 5.81. The third-order valence-electron chi connectivity index (χ3n) is 4.71. The zero-order chi connectivity index (χ0) is 22.0. The maximum atomic E-state index is 13.0. The number of rotatable bonds is 7. The number of ketones is 1. The number of hydrogen-bond acceptors (Lipinski definition) is 6. The number of Topliss-reactive ketones (excluding diaryl/α,β-unsaturated/α-hetero) is 1. The molecule has 2 heterocycles. The molecule has 0 bridgehead atoms. The van der Waals surface area contributed by atoms with E-state index in [2.05, 4.69) is 9.97 Å². The van der Waals surface area contributed by atoms with Crippen LogP contribution in [-0.4, -0.2) is 28.3 Å². The van der Waals surface area contributed by atoms with Gasteiger partial charge in [0.1, 0.15) is 28.1 Å². The zero-order valence-electron chi connectivity index (χ0n) is 16.9. The Morgan fingerprint density at radius 2 is 1.84 bits per heavy atom. The number of nitrogens with zero attached hydrogens (tertiary/aromatic N) is 1. The summed E-state index contributed by atoms with van der Waals surface area (Å²) in [6, 6.07) is 13.1. The Morgan fingerprint density at radius 3 is 2.61 bits per heavy atom. The maximum Gasteiger partial charge on any atom is 0.350 e. The number of benzene rings is 2. The number of aromatic amines is 1. The van der Waals surface area contributed by atoms with Crippen LogP contribution in [0.4, 0.5) is 4.39 Å². The van der Waals surface area contributed by atoms with Crippen LogP contribution >= 0.6 is 11.3 Å². The molecule has 6 nitrogen and oxygen atoms in total. The normalized spacial score (nSPS) is 10.9. The first-order valence-corrected chi connectivity index (χ1v) is 10.4. The van der Waals surface area contributed by atoms with Crippen LogP contribution in [0.1, 0.15) is 36.4 Å². The second-order valence-corrected chi connectivity index (χ2v) is 8.02. The van der Waals surface area contributed by atoms with Gasteiger partial charge in [0, 0.05) is 22.2 Å². The molecule has 0 aliphatic rings. The second kappa shape index (κ2) is 8.69. The molecule has 4 rings (SSSR count). The Bertz CT molecular complexity index is 1260. The molecule has 0 aliphatic carbocycles. The van der Waals surface area contributed by atoms with Crippen molar-refractivity contribution in [1.29, 1.82) is 0 Å². The zero-order valence-corrected chi connectivity index (χ0v) is 17.7. The number of carbonyl (C=O) groups is 2. The van der Waals surface area contributed by atoms with Crippen molar-refractivity contribution in [3.8, 4) is 5.75 Å². The summed E-state index contributed by atoms with van der Waals surface area (Å²) in [5.41, 5.74) is 2.62. The summed E-state index contributed by atoms with van der Waals surface area (Å²) in [4.78, 5) is 33.0. The number of nitrogens with one attached hydrogen (secondary N) is 1. The van der Waals surface area contributed by atoms with E-state index in [0.717, 1.165) is 27.9 Å². The number of H-pyrrole nitrogens is 1. The van der Waals surface area contributed by atoms with Gasteiger partial charge in [0.05, 0.1) is 5.69 Å². The molecule has 31 heavy (non-hydrogen) atoms. The summed E-state index contributed by atoms with van der Waals surface area (Å²) in [5, 5.41) is 1.38. The lowest BCUT2D eigenvalue weighted by atomic mass is 10.1. The molecule has 0 aliphatic heterocycles. The van der Waals surface area contributed by atoms with Crippen molar-refractivity contribution in [2.75, 3.05) is 6.61 Å². The highest BCUT2D eigenvalue weighted by Crippen LogP contribution is 2.24. The molecular weight excluding hydrogens is 419 g/mol. The standard InChI is InChI=1S/C23H19FN2O4S/c1-13-21(17-5-3-4-6-18(17)25-13)19(27)11-30-23(28)22-14(2)26-20(31-22)12-29-16-9-7-15(24)8-10-16/h3-10,25H,11-12H2,1-2H3. The van der Waals surface area contributed by atoms with Crippen molar-refractivity contribution in [3.63, 3.8) is 0 Å². The van der Waals surface area contributed by atoms with E-state index in [1.165, 1.54) is 24.3 Å². The minimum Gasteiger partial charge on any atom is -0.486 e. The highest BCUT2D eigenvalue weighted by atomic mass is 32.1. The van der Waals surface area contributed by atoms with E-state index in [-0.39, 0.29) is 24.8 Å². The van der Waals surface area contributed by atoms with Gasteiger partial charge < -0.3 is 14.5 Å². The van der Waals surface area contributed by atoms with Crippen molar-refractivity contribution in [1.82, 2.24) is 9.97 Å². The fourth-order valence-electron chi connectivity index (χ4n) is 3.28. The second-order valence-electron chi connectivity index (χ2n) is 6.93. The first kappa shape index (κ1) is 20.7. The van der Waals surface area contributed by atoms with Crippen LogP contribution in [0.5, 0.6) is 5.75 Å². The molecule has 8 heteroatoms. The minimum absolute atomic E-state index is 0.137. The third kappa shape index (κ3) is 4.49. The first-order valence-electron chi connectivity index (χ1n) is 9.54. The predicted octanol–water partition coefficient (Wildman–Crippen LogP) is 5.00. The average molecular weight is 438 g/mol. The fraction of sp³-hybridized carbons (Fsp3) is 0.174. The summed E-state index contributed by atoms with van der Waals surface area (Å²) in [6.07, 6.45) is 0. The molecule has 158 valence electrons. The van der Waals surface area contributed by atoms with Crippen LogP contribution in [0.25, 0.3) is 10.9 Å². The van der Waals surface area contributed by atoms with E-state index in [4.69, 9.17) is 9.47 Å². The minimum atomic E-state index is -0.603. The molecule has 2 aromatic heterocycles. The molecule has 0 amide bonds. The summed E-state index contributed by atoms with van der Waals surface area (Å²) >= 11 is 1.14. The molecule has 0 radical (unpaired) electrons. The molecule has 0 fully saturated rings. The monoisotopic (exact) mass is 438 g/mol. The van der Waals surface area contributed by atoms with Crippen molar-refractivity contribution in [3.05, 3.63) is 81.2 Å². The Labute approximate surface area is 181 Å². The maximum absolute atomic E-state index is 13.0. The molecule has 2 aromatic carbocycles. The summed E-state index contributed by atoms with van der Waals surface area (Å²) in [6.45, 7) is 3.29. The van der Waals surface area contributed by atoms with Gasteiger partial charge >= 0.3 is 5.97 Å². The van der Waals surface area contributed by atoms with Crippen LogP contribution < -0.4 is 4.74 Å². The SMILES string of the molecule is Cc1nc(COc2ccc(F)cc2)sc1C(=O)OCC(=O)c1c(C)[nH]c2ccccc12. The molecule has 0 saturated carbocycles. The lowest BCUT2D eigenvalue weighted by molar-refractivity contribution is 0.0479. The van der Waals surface area contributed by atoms with E-state index >= 15 is 0 Å². The van der Waals surface area contributed by atoms with Crippen molar-refractivity contribution in [2.24, 2.45) is 0 Å². The van der Waals surface area contributed by atoms with Crippen LogP contribution in [0.3, 0.4) is 0 Å². The van der Waals surface area contributed by atoms with E-state index in [1.54, 1.807) is 6.92 Å². The Balaban J connectivity index is 1.40. The number of aromatic nitrogens is 2. The molecule has 0 saturated heterocycles. The Morgan fingerprint density at radius 1 is 1.10 bits per heavy atom. The summed E-state index contributed by atoms with van der Waals surface area (Å²) < 4.78 is 23.8. The lowest BCUT2D eigenvalue weighted by Gasteiger charge is -2.04. The smallest absolute Gasteiger partial charge is 0.350 e. The number of hydrogen-bond donors (Lipinski definition) is 1. The fourth-order valence-corrected chi connectivity index (χ4v) is 4.16. The number of esters is 1. The predicted molar refractivity (Wildman–Crippen MR) is 115 cm³/mol. The van der Waals surface area contributed by atoms with Gasteiger partial charge in [-0.3, -0.25) is 4.79 Å². The van der Waals surface area contributed by atoms with E-state index in [9.17, 15) is 14.0 Å². The van der Waals surface area contributed by atoms with Gasteiger partial charge in [0.25, 0.3) is 0 Å². The summed E-state index contributed by atoms with van der Waals surface area (Å²) in [5.74, 6) is -0.725. The van der Waals surface area contributed by atoms with E-state index in [0.29, 0.717) is 26.9 Å². The van der Waals surface area contributed by atoms with Gasteiger partial charge in [0.15, 0.2) is 6.61 Å². The molecule has 0 atom stereocenters. The largest absolute Gasteiger partial charge is 0.486 e. The number of para-hydroxylation sites is 1. The van der Waals surface area contributed by atoms with Crippen LogP contribution in [-0.2, 0) is 11.3 Å². The van der Waals surface area contributed by atoms with Gasteiger partial charge in [-0.25, -0.2) is 14.2 Å². The van der Waals surface area contributed by atoms with Crippen LogP contribution in [0, 0.1) is 19.7 Å². The molecule has 0 spiro atoms. The number of halogens is 1. The third-order valence-corrected chi connectivity index (χ3v) is 5.82. The number of aryl methyl sites for hydroxylation is 2. The summed E-state index contributed by atoms with van der Waals surface area (Å²) in [7, 11) is 0. The van der Waals surface area contributed by atoms with Crippen molar-refractivity contribution < 1.29 is 23.5 Å². The van der Waals surface area contributed by atoms with Gasteiger partial charge in [-0.05, 0) is 44.2 Å². The van der Waals surface area contributed by atoms with E-state index in [1.807, 2.05) is 31.2 Å². The topological polar surface area (TPSA) is 81.3 Å². The molecular formula is C23H19FN2O4S. The number of thiazole rings is 1. The van der Waals surface area contributed by atoms with Crippen LogP contribution in [0.15, 0.2) is 48.5 Å². The van der Waals surface area contributed by atoms with Crippen LogP contribution in [0.2, 0.25) is 0 Å². The lowest BCUT2D eigenvalue weighted by Crippen LogP contribution is -2.14. The first-order chi connectivity index (χ1) is 14.9. The molecule has 1 N–H and O–H groups in total. The van der Waals surface area contributed by atoms with Crippen molar-refractivity contribution in [2.45, 2.75) is 20.5 Å². The quantitative estimate of drug-likeness (QED) is 0.324. The number of fused-ring (bicyclic) bond motifs is 1. The number of carbonyl (C=O) groups excluding carboxylic acids is 2. The van der Waals surface area contributed by atoms with Gasteiger partial charge in [0.2, 0.25) is 5.78 Å². The van der Waals surface area contributed by atoms with Gasteiger partial charge in [-0.15, -0.1) is 11.3 Å². The van der Waals surface area contributed by atoms with Gasteiger partial charge in [-0.2, -0.15) is 0 Å². The molecule has 4 aromatic rings. The Hall–Kier alpha value is -3.52. The van der Waals surface area contributed by atoms with E-state index < -0.39 is 5.97 Å². The molecule has 0 unspecified atom stereocenters. The van der Waals surface area contributed by atoms with Crippen molar-refractivity contribution >= 4 is 34.0 Å². The highest BCUT2D eigenvalue weighted by molar-refractivity contribution is 7.13. The average Bonchev–Trinajstić information content (AvgIpc) is 3.30. The van der Waals surface area contributed by atoms with Gasteiger partial charge in [-0.1, -0.05) is 18.2 Å². The number of ether oxygens (including phenoxy) is 2. The highest BCUT2D eigenvalue weighted by Gasteiger charge is 2.21.